The van der Waals surface area contributed by atoms with Crippen molar-refractivity contribution in [1.82, 2.24) is 4.90 Å². The number of nitrogens with zero attached hydrogens (tertiary/aromatic N) is 2. The quantitative estimate of drug-likeness (QED) is 0.811. The summed E-state index contributed by atoms with van der Waals surface area (Å²) in [6, 6.07) is 6.00. The number of methoxy groups -OCH3 is 1. The molecule has 0 bridgehead atoms. The molecule has 1 aliphatic carbocycles. The Labute approximate surface area is 160 Å². The number of rotatable bonds is 4. The number of benzene rings is 1. The fraction of sp³-hybridized carbons (Fsp3) is 0.619. The predicted octanol–water partition coefficient (Wildman–Crippen LogP) is 3.52. The number of carbonyl (C=O) groups excluding carboxylic acids is 1. The Kier molecular flexibility index (Phi) is 4.98. The third-order valence-electron chi connectivity index (χ3n) is 6.05. The minimum Gasteiger partial charge on any atom is -0.493 e. The molecule has 1 spiro atoms. The minimum atomic E-state index is -0.270. The first-order valence-electron chi connectivity index (χ1n) is 9.94. The molecule has 27 heavy (non-hydrogen) atoms. The summed E-state index contributed by atoms with van der Waals surface area (Å²) >= 11 is 0. The van der Waals surface area contributed by atoms with Crippen LogP contribution in [0.2, 0.25) is 0 Å². The van der Waals surface area contributed by atoms with E-state index in [1.165, 1.54) is 12.8 Å². The van der Waals surface area contributed by atoms with Crippen molar-refractivity contribution >= 4 is 11.6 Å². The van der Waals surface area contributed by atoms with Crippen LogP contribution in [0.5, 0.6) is 11.5 Å². The highest BCUT2D eigenvalue weighted by Crippen LogP contribution is 2.38. The van der Waals surface area contributed by atoms with E-state index in [4.69, 9.17) is 14.3 Å². The molecule has 0 N–H and O–H groups in total. The number of hydrogen-bond donors (Lipinski definition) is 0. The summed E-state index contributed by atoms with van der Waals surface area (Å²) in [6.45, 7) is 3.09. The third kappa shape index (κ3) is 3.75. The summed E-state index contributed by atoms with van der Waals surface area (Å²) in [5, 5.41) is 4.40. The Bertz CT molecular complexity index is 732. The van der Waals surface area contributed by atoms with E-state index in [-0.39, 0.29) is 17.6 Å². The molecule has 1 aromatic rings. The molecule has 1 saturated heterocycles. The molecule has 2 fully saturated rings. The first-order chi connectivity index (χ1) is 13.1. The topological polar surface area (TPSA) is 60.4 Å². The van der Waals surface area contributed by atoms with Gasteiger partial charge in [-0.2, -0.15) is 0 Å². The lowest BCUT2D eigenvalue weighted by atomic mass is 9.85. The van der Waals surface area contributed by atoms with Gasteiger partial charge < -0.3 is 19.2 Å². The van der Waals surface area contributed by atoms with Gasteiger partial charge in [-0.15, -0.1) is 0 Å². The average molecular weight is 372 g/mol. The molecule has 6 heteroatoms. The van der Waals surface area contributed by atoms with Crippen LogP contribution >= 0.6 is 0 Å². The van der Waals surface area contributed by atoms with Crippen LogP contribution in [0.25, 0.3) is 0 Å². The molecule has 2 aliphatic heterocycles. The summed E-state index contributed by atoms with van der Waals surface area (Å²) in [5.74, 6) is 1.68. The van der Waals surface area contributed by atoms with Crippen LogP contribution in [0.4, 0.5) is 0 Å². The molecule has 1 saturated carbocycles. The standard InChI is InChI=1S/C21H28N2O4/c1-15(24)23-11-9-21(10-12-23)14-18(22-27-21)16-7-8-19(25-2)20(13-16)26-17-5-3-4-6-17/h7-8,13,17H,3-6,9-12,14H2,1-2H3. The van der Waals surface area contributed by atoms with Gasteiger partial charge in [-0.05, 0) is 43.9 Å². The summed E-state index contributed by atoms with van der Waals surface area (Å²) in [7, 11) is 1.67. The number of piperidine rings is 1. The van der Waals surface area contributed by atoms with Gasteiger partial charge in [0.2, 0.25) is 5.91 Å². The zero-order valence-corrected chi connectivity index (χ0v) is 16.2. The van der Waals surface area contributed by atoms with Crippen molar-refractivity contribution in [2.24, 2.45) is 5.16 Å². The van der Waals surface area contributed by atoms with Gasteiger partial charge in [-0.3, -0.25) is 4.79 Å². The predicted molar refractivity (Wildman–Crippen MR) is 102 cm³/mol. The van der Waals surface area contributed by atoms with Gasteiger partial charge in [-0.25, -0.2) is 0 Å². The largest absolute Gasteiger partial charge is 0.493 e. The van der Waals surface area contributed by atoms with Gasteiger partial charge in [0.25, 0.3) is 0 Å². The van der Waals surface area contributed by atoms with E-state index >= 15 is 0 Å². The van der Waals surface area contributed by atoms with E-state index in [1.807, 2.05) is 23.1 Å². The van der Waals surface area contributed by atoms with Gasteiger partial charge in [0, 0.05) is 44.8 Å². The highest BCUT2D eigenvalue weighted by atomic mass is 16.7. The maximum Gasteiger partial charge on any atom is 0.219 e. The molecule has 146 valence electrons. The van der Waals surface area contributed by atoms with Crippen molar-refractivity contribution in [2.45, 2.75) is 63.6 Å². The van der Waals surface area contributed by atoms with Gasteiger partial charge in [0.15, 0.2) is 11.5 Å². The SMILES string of the molecule is COc1ccc(C2=NOC3(CCN(C(C)=O)CC3)C2)cc1OC1CCCC1. The lowest BCUT2D eigenvalue weighted by Crippen LogP contribution is -2.46. The third-order valence-corrected chi connectivity index (χ3v) is 6.05. The van der Waals surface area contributed by atoms with Crippen LogP contribution < -0.4 is 9.47 Å². The van der Waals surface area contributed by atoms with Gasteiger partial charge in [0.05, 0.1) is 18.9 Å². The summed E-state index contributed by atoms with van der Waals surface area (Å²) < 4.78 is 11.7. The molecule has 0 unspecified atom stereocenters. The Hall–Kier alpha value is -2.24. The second kappa shape index (κ2) is 7.41. The molecule has 4 rings (SSSR count). The van der Waals surface area contributed by atoms with Crippen LogP contribution in [-0.2, 0) is 9.63 Å². The molecular formula is C21H28N2O4. The van der Waals surface area contributed by atoms with E-state index in [9.17, 15) is 4.79 Å². The second-order valence-electron chi connectivity index (χ2n) is 7.89. The van der Waals surface area contributed by atoms with Gasteiger partial charge >= 0.3 is 0 Å². The molecule has 3 aliphatic rings. The summed E-state index contributed by atoms with van der Waals surface area (Å²) in [4.78, 5) is 19.3. The maximum atomic E-state index is 11.6. The Morgan fingerprint density at radius 3 is 2.63 bits per heavy atom. The highest BCUT2D eigenvalue weighted by molar-refractivity contribution is 6.02. The monoisotopic (exact) mass is 372 g/mol. The first-order valence-corrected chi connectivity index (χ1v) is 9.94. The minimum absolute atomic E-state index is 0.132. The van der Waals surface area contributed by atoms with E-state index in [0.29, 0.717) is 0 Å². The maximum absolute atomic E-state index is 11.6. The lowest BCUT2D eigenvalue weighted by molar-refractivity contribution is -0.134. The van der Waals surface area contributed by atoms with Crippen LogP contribution in [0, 0.1) is 0 Å². The molecular weight excluding hydrogens is 344 g/mol. The number of oxime groups is 1. The number of carbonyl (C=O) groups is 1. The molecule has 1 amide bonds. The van der Waals surface area contributed by atoms with E-state index < -0.39 is 0 Å². The average Bonchev–Trinajstić information content (AvgIpc) is 3.33. The van der Waals surface area contributed by atoms with Crippen molar-refractivity contribution in [3.05, 3.63) is 23.8 Å². The fourth-order valence-electron chi connectivity index (χ4n) is 4.31. The van der Waals surface area contributed by atoms with E-state index in [2.05, 4.69) is 5.16 Å². The van der Waals surface area contributed by atoms with Gasteiger partial charge in [-0.1, -0.05) is 5.16 Å². The van der Waals surface area contributed by atoms with Crippen molar-refractivity contribution in [1.29, 1.82) is 0 Å². The lowest BCUT2D eigenvalue weighted by Gasteiger charge is -2.36. The summed E-state index contributed by atoms with van der Waals surface area (Å²) in [6.07, 6.45) is 7.36. The first kappa shape index (κ1) is 18.1. The zero-order valence-electron chi connectivity index (χ0n) is 16.2. The Morgan fingerprint density at radius 1 is 1.22 bits per heavy atom. The van der Waals surface area contributed by atoms with E-state index in [1.54, 1.807) is 14.0 Å². The number of ether oxygens (including phenoxy) is 2. The highest BCUT2D eigenvalue weighted by Gasteiger charge is 2.42. The Morgan fingerprint density at radius 2 is 1.96 bits per heavy atom. The van der Waals surface area contributed by atoms with Crippen molar-refractivity contribution in [3.8, 4) is 11.5 Å². The molecule has 1 aromatic carbocycles. The van der Waals surface area contributed by atoms with Crippen molar-refractivity contribution in [2.75, 3.05) is 20.2 Å². The number of hydrogen-bond acceptors (Lipinski definition) is 5. The fourth-order valence-corrected chi connectivity index (χ4v) is 4.31. The van der Waals surface area contributed by atoms with Crippen LogP contribution in [0.15, 0.2) is 23.4 Å². The Balaban J connectivity index is 1.46. The number of amides is 1. The molecule has 0 aromatic heterocycles. The summed E-state index contributed by atoms with van der Waals surface area (Å²) in [5.41, 5.74) is 1.70. The van der Waals surface area contributed by atoms with Crippen LogP contribution in [0.1, 0.15) is 57.4 Å². The van der Waals surface area contributed by atoms with Crippen molar-refractivity contribution < 1.29 is 19.1 Å². The zero-order chi connectivity index (χ0) is 18.9. The van der Waals surface area contributed by atoms with Crippen LogP contribution in [0.3, 0.4) is 0 Å². The van der Waals surface area contributed by atoms with Crippen LogP contribution in [-0.4, -0.2) is 48.4 Å². The molecule has 0 atom stereocenters. The van der Waals surface area contributed by atoms with Crippen molar-refractivity contribution in [3.63, 3.8) is 0 Å². The normalized spacial score (nSPS) is 21.9. The second-order valence-corrected chi connectivity index (χ2v) is 7.89. The smallest absolute Gasteiger partial charge is 0.219 e. The van der Waals surface area contributed by atoms with Gasteiger partial charge in [0.1, 0.15) is 5.60 Å². The molecule has 2 heterocycles. The van der Waals surface area contributed by atoms with E-state index in [0.717, 1.165) is 68.0 Å². The number of likely N-dealkylation sites (tertiary alicyclic amines) is 1. The molecule has 0 radical (unpaired) electrons. The molecule has 6 nitrogen and oxygen atoms in total.